The summed E-state index contributed by atoms with van der Waals surface area (Å²) in [5, 5.41) is 0.0774. The van der Waals surface area contributed by atoms with Crippen molar-refractivity contribution in [2.45, 2.75) is 24.9 Å². The summed E-state index contributed by atoms with van der Waals surface area (Å²) in [6, 6.07) is 0. The average molecular weight is 269 g/mol. The first-order valence-electron chi connectivity index (χ1n) is 5.52. The molecule has 0 aromatic carbocycles. The van der Waals surface area contributed by atoms with Crippen molar-refractivity contribution in [3.63, 3.8) is 0 Å². The van der Waals surface area contributed by atoms with E-state index in [2.05, 4.69) is 19.7 Å². The highest BCUT2D eigenvalue weighted by Gasteiger charge is 2.17. The average Bonchev–Trinajstić information content (AvgIpc) is 2.95. The fourth-order valence-electron chi connectivity index (χ4n) is 1.46. The van der Waals surface area contributed by atoms with Crippen molar-refractivity contribution >= 4 is 10.0 Å². The van der Waals surface area contributed by atoms with Crippen LogP contribution in [0.15, 0.2) is 23.6 Å². The van der Waals surface area contributed by atoms with Crippen LogP contribution in [0.2, 0.25) is 0 Å². The molecule has 0 bridgehead atoms. The van der Waals surface area contributed by atoms with E-state index < -0.39 is 10.0 Å². The number of hydrogen-bond acceptors (Lipinski definition) is 4. The minimum absolute atomic E-state index is 0.0774. The Hall–Kier alpha value is -1.67. The highest BCUT2D eigenvalue weighted by molar-refractivity contribution is 7.89. The van der Waals surface area contributed by atoms with Crippen LogP contribution in [0.4, 0.5) is 0 Å². The van der Waals surface area contributed by atoms with Gasteiger partial charge in [-0.2, -0.15) is 0 Å². The first-order chi connectivity index (χ1) is 8.53. The van der Waals surface area contributed by atoms with Crippen molar-refractivity contribution in [1.82, 2.24) is 24.2 Å². The van der Waals surface area contributed by atoms with Gasteiger partial charge in [-0.15, -0.1) is 0 Å². The van der Waals surface area contributed by atoms with Gasteiger partial charge >= 0.3 is 0 Å². The Kier molecular flexibility index (Phi) is 3.48. The molecule has 2 N–H and O–H groups in total. The van der Waals surface area contributed by atoms with Crippen LogP contribution in [0.1, 0.15) is 18.6 Å². The minimum atomic E-state index is -3.56. The third-order valence-electron chi connectivity index (χ3n) is 2.57. The maximum atomic E-state index is 11.9. The highest BCUT2D eigenvalue weighted by atomic mass is 32.2. The minimum Gasteiger partial charge on any atom is -0.337 e. The lowest BCUT2D eigenvalue weighted by Crippen LogP contribution is -2.25. The van der Waals surface area contributed by atoms with Gasteiger partial charge in [0, 0.05) is 25.9 Å². The number of sulfonamides is 1. The summed E-state index contributed by atoms with van der Waals surface area (Å²) in [5.41, 5.74) is 0. The summed E-state index contributed by atoms with van der Waals surface area (Å²) in [7, 11) is -1.76. The number of nitrogens with one attached hydrogen (secondary N) is 2. The molecule has 0 saturated carbocycles. The number of nitrogens with zero attached hydrogens (tertiary/aromatic N) is 3. The van der Waals surface area contributed by atoms with Crippen LogP contribution in [0.5, 0.6) is 0 Å². The summed E-state index contributed by atoms with van der Waals surface area (Å²) < 4.78 is 28.1. The van der Waals surface area contributed by atoms with Crippen LogP contribution in [-0.4, -0.2) is 27.9 Å². The van der Waals surface area contributed by atoms with E-state index in [1.165, 1.54) is 6.20 Å². The van der Waals surface area contributed by atoms with Crippen LogP contribution in [0.3, 0.4) is 0 Å². The van der Waals surface area contributed by atoms with Gasteiger partial charge in [0.1, 0.15) is 11.6 Å². The van der Waals surface area contributed by atoms with Gasteiger partial charge in [0.05, 0.1) is 12.7 Å². The monoisotopic (exact) mass is 269 g/mol. The zero-order valence-corrected chi connectivity index (χ0v) is 11.0. The second-order valence-corrected chi connectivity index (χ2v) is 5.56. The molecule has 0 spiro atoms. The smallest absolute Gasteiger partial charge is 0.258 e. The Morgan fingerprint density at radius 3 is 2.78 bits per heavy atom. The molecule has 2 heterocycles. The molecule has 0 atom stereocenters. The second-order valence-electron chi connectivity index (χ2n) is 3.83. The maximum Gasteiger partial charge on any atom is 0.258 e. The maximum absolute atomic E-state index is 11.9. The molecule has 2 rings (SSSR count). The zero-order valence-electron chi connectivity index (χ0n) is 10.2. The molecule has 0 aliphatic carbocycles. The molecule has 0 aliphatic heterocycles. The van der Waals surface area contributed by atoms with E-state index in [9.17, 15) is 8.42 Å². The molecule has 0 amide bonds. The van der Waals surface area contributed by atoms with Crippen molar-refractivity contribution in [2.75, 3.05) is 0 Å². The highest BCUT2D eigenvalue weighted by Crippen LogP contribution is 2.06. The number of hydrogen-bond donors (Lipinski definition) is 2. The first kappa shape index (κ1) is 12.8. The number of aromatic amines is 1. The molecule has 2 aromatic rings. The fraction of sp³-hybridized carbons (Fsp3) is 0.400. The molecule has 0 radical (unpaired) electrons. The van der Waals surface area contributed by atoms with Gasteiger partial charge in [-0.05, 0) is 0 Å². The predicted molar refractivity (Wildman–Crippen MR) is 65.2 cm³/mol. The van der Waals surface area contributed by atoms with Crippen molar-refractivity contribution < 1.29 is 8.42 Å². The number of H-pyrrole nitrogens is 1. The van der Waals surface area contributed by atoms with E-state index in [1.54, 1.807) is 17.0 Å². The molecule has 0 fully saturated rings. The van der Waals surface area contributed by atoms with Gasteiger partial charge in [-0.1, -0.05) is 6.92 Å². The van der Waals surface area contributed by atoms with Gasteiger partial charge in [-0.25, -0.2) is 23.1 Å². The molecular formula is C10H15N5O2S. The molecule has 0 aliphatic rings. The van der Waals surface area contributed by atoms with Gasteiger partial charge < -0.3 is 9.55 Å². The lowest BCUT2D eigenvalue weighted by molar-refractivity contribution is 0.574. The van der Waals surface area contributed by atoms with Crippen molar-refractivity contribution in [2.24, 2.45) is 7.05 Å². The molecule has 2 aromatic heterocycles. The Labute approximate surface area is 105 Å². The second kappa shape index (κ2) is 4.91. The largest absolute Gasteiger partial charge is 0.337 e. The Bertz CT molecular complexity index is 628. The predicted octanol–water partition coefficient (Wildman–Crippen LogP) is 0.184. The van der Waals surface area contributed by atoms with Crippen LogP contribution >= 0.6 is 0 Å². The van der Waals surface area contributed by atoms with E-state index in [4.69, 9.17) is 0 Å². The standard InChI is InChI=1S/C10H15N5O2S/c1-3-8-12-7-10(14-8)18(16,17)13-6-9-11-4-5-15(9)2/h4-5,7,13H,3,6H2,1-2H3,(H,12,14). The summed E-state index contributed by atoms with van der Waals surface area (Å²) >= 11 is 0. The van der Waals surface area contributed by atoms with Crippen molar-refractivity contribution in [3.05, 3.63) is 30.2 Å². The number of aromatic nitrogens is 4. The lowest BCUT2D eigenvalue weighted by atomic mass is 10.5. The normalized spacial score (nSPS) is 11.9. The molecule has 8 heteroatoms. The molecule has 98 valence electrons. The van der Waals surface area contributed by atoms with Gasteiger partial charge in [-0.3, -0.25) is 0 Å². The summed E-state index contributed by atoms with van der Waals surface area (Å²) in [6.07, 6.45) is 5.36. The Morgan fingerprint density at radius 1 is 1.44 bits per heavy atom. The summed E-state index contributed by atoms with van der Waals surface area (Å²) in [6.45, 7) is 2.04. The number of rotatable bonds is 5. The van der Waals surface area contributed by atoms with E-state index in [0.29, 0.717) is 18.1 Å². The molecule has 0 unspecified atom stereocenters. The van der Waals surface area contributed by atoms with E-state index in [0.717, 1.165) is 0 Å². The SMILES string of the molecule is CCc1ncc(S(=O)(=O)NCc2nccn2C)[nH]1. The van der Waals surface area contributed by atoms with Gasteiger partial charge in [0.2, 0.25) is 0 Å². The summed E-state index contributed by atoms with van der Waals surface area (Å²) in [4.78, 5) is 10.8. The van der Waals surface area contributed by atoms with E-state index in [1.807, 2.05) is 14.0 Å². The van der Waals surface area contributed by atoms with Crippen molar-refractivity contribution in [1.29, 1.82) is 0 Å². The number of imidazole rings is 2. The molecule has 7 nitrogen and oxygen atoms in total. The van der Waals surface area contributed by atoms with Crippen LogP contribution in [0.25, 0.3) is 0 Å². The van der Waals surface area contributed by atoms with Crippen molar-refractivity contribution in [3.8, 4) is 0 Å². The topological polar surface area (TPSA) is 92.7 Å². The third kappa shape index (κ3) is 2.59. The molecule has 0 saturated heterocycles. The Morgan fingerprint density at radius 2 is 2.22 bits per heavy atom. The van der Waals surface area contributed by atoms with Gasteiger partial charge in [0.25, 0.3) is 10.0 Å². The van der Waals surface area contributed by atoms with E-state index >= 15 is 0 Å². The van der Waals surface area contributed by atoms with Crippen LogP contribution in [0, 0.1) is 0 Å². The van der Waals surface area contributed by atoms with Gasteiger partial charge in [0.15, 0.2) is 5.03 Å². The molecule has 18 heavy (non-hydrogen) atoms. The lowest BCUT2D eigenvalue weighted by Gasteiger charge is -2.04. The van der Waals surface area contributed by atoms with E-state index in [-0.39, 0.29) is 11.6 Å². The fourth-order valence-corrected chi connectivity index (χ4v) is 2.38. The third-order valence-corrected chi connectivity index (χ3v) is 3.88. The molecular weight excluding hydrogens is 254 g/mol. The van der Waals surface area contributed by atoms with Crippen LogP contribution < -0.4 is 4.72 Å². The zero-order chi connectivity index (χ0) is 13.2. The van der Waals surface area contributed by atoms with Crippen LogP contribution in [-0.2, 0) is 30.0 Å². The number of aryl methyl sites for hydroxylation is 2. The quantitative estimate of drug-likeness (QED) is 0.810. The Balaban J connectivity index is 2.10. The summed E-state index contributed by atoms with van der Waals surface area (Å²) in [5.74, 6) is 1.29. The first-order valence-corrected chi connectivity index (χ1v) is 7.01.